The van der Waals surface area contributed by atoms with Crippen LogP contribution >= 0.6 is 11.6 Å². The van der Waals surface area contributed by atoms with E-state index in [4.69, 9.17) is 11.6 Å². The van der Waals surface area contributed by atoms with Crippen LogP contribution in [0.25, 0.3) is 0 Å². The second-order valence-electron chi connectivity index (χ2n) is 4.25. The third kappa shape index (κ3) is 2.04. The van der Waals surface area contributed by atoms with Crippen molar-refractivity contribution in [3.8, 4) is 0 Å². The number of nitrogens with zero attached hydrogens (tertiary/aromatic N) is 2. The maximum absolute atomic E-state index is 6.15. The zero-order valence-corrected chi connectivity index (χ0v) is 10.1. The van der Waals surface area contributed by atoms with Crippen molar-refractivity contribution >= 4 is 11.6 Å². The molecule has 1 aromatic rings. The van der Waals surface area contributed by atoms with Crippen LogP contribution in [0.4, 0.5) is 0 Å². The molecule has 0 saturated heterocycles. The van der Waals surface area contributed by atoms with Crippen molar-refractivity contribution in [3.63, 3.8) is 0 Å². The van der Waals surface area contributed by atoms with Crippen LogP contribution in [0.2, 0.25) is 5.02 Å². The monoisotopic (exact) mass is 227 g/mol. The van der Waals surface area contributed by atoms with Gasteiger partial charge in [0.05, 0.1) is 16.9 Å². The molecule has 0 bridgehead atoms. The number of hydrogen-bond donors (Lipinski definition) is 1. The average molecular weight is 228 g/mol. The Morgan fingerprint density at radius 3 is 2.87 bits per heavy atom. The molecule has 1 saturated carbocycles. The molecular weight excluding hydrogens is 210 g/mol. The number of hydrogen-bond acceptors (Lipinski definition) is 2. The molecular formula is C11H18ClN3. The highest BCUT2D eigenvalue weighted by molar-refractivity contribution is 6.31. The predicted octanol–water partition coefficient (Wildman–Crippen LogP) is 2.18. The summed E-state index contributed by atoms with van der Waals surface area (Å²) in [4.78, 5) is 0. The third-order valence-corrected chi connectivity index (χ3v) is 3.65. The molecule has 1 aliphatic rings. The second kappa shape index (κ2) is 4.54. The Bertz CT molecular complexity index is 315. The minimum atomic E-state index is 0.601. The van der Waals surface area contributed by atoms with Gasteiger partial charge in [0.25, 0.3) is 0 Å². The van der Waals surface area contributed by atoms with Crippen molar-refractivity contribution in [2.45, 2.75) is 25.7 Å². The maximum Gasteiger partial charge on any atom is 0.0820 e. The minimum Gasteiger partial charge on any atom is -0.317 e. The molecule has 0 spiro atoms. The molecule has 2 unspecified atom stereocenters. The number of rotatable bonds is 4. The van der Waals surface area contributed by atoms with Gasteiger partial charge in [-0.15, -0.1) is 0 Å². The Hall–Kier alpha value is -0.540. The van der Waals surface area contributed by atoms with Crippen LogP contribution in [-0.2, 0) is 7.05 Å². The summed E-state index contributed by atoms with van der Waals surface area (Å²) in [5.74, 6) is 1.34. The second-order valence-corrected chi connectivity index (χ2v) is 4.66. The predicted molar refractivity (Wildman–Crippen MR) is 62.2 cm³/mol. The molecule has 15 heavy (non-hydrogen) atoms. The van der Waals surface area contributed by atoms with Gasteiger partial charge in [0.1, 0.15) is 0 Å². The van der Waals surface area contributed by atoms with E-state index in [-0.39, 0.29) is 0 Å². The molecule has 0 amide bonds. The third-order valence-electron chi connectivity index (χ3n) is 3.36. The fourth-order valence-corrected chi connectivity index (χ4v) is 2.65. The van der Waals surface area contributed by atoms with Gasteiger partial charge in [0.2, 0.25) is 0 Å². The fraction of sp³-hybridized carbons (Fsp3) is 0.727. The Morgan fingerprint density at radius 1 is 1.60 bits per heavy atom. The first-order valence-corrected chi connectivity index (χ1v) is 6.00. The Kier molecular flexibility index (Phi) is 3.32. The fourth-order valence-electron chi connectivity index (χ4n) is 2.34. The topological polar surface area (TPSA) is 29.9 Å². The van der Waals surface area contributed by atoms with Crippen molar-refractivity contribution < 1.29 is 0 Å². The quantitative estimate of drug-likeness (QED) is 0.855. The van der Waals surface area contributed by atoms with Crippen LogP contribution in [0.5, 0.6) is 0 Å². The van der Waals surface area contributed by atoms with E-state index in [1.165, 1.54) is 18.5 Å². The summed E-state index contributed by atoms with van der Waals surface area (Å²) in [5, 5.41) is 8.43. The highest BCUT2D eigenvalue weighted by Gasteiger charge is 2.34. The summed E-state index contributed by atoms with van der Waals surface area (Å²) < 4.78 is 1.92. The highest BCUT2D eigenvalue weighted by Crippen LogP contribution is 2.44. The first-order chi connectivity index (χ1) is 7.24. The van der Waals surface area contributed by atoms with E-state index < -0.39 is 0 Å². The standard InChI is InChI=1S/C11H18ClN3/c1-3-13-6-8-4-5-9(8)11-10(12)7-14-15(11)2/h7-9,13H,3-6H2,1-2H3. The molecule has 0 radical (unpaired) electrons. The molecule has 84 valence electrons. The number of nitrogens with one attached hydrogen (secondary N) is 1. The van der Waals surface area contributed by atoms with E-state index in [2.05, 4.69) is 17.3 Å². The van der Waals surface area contributed by atoms with Gasteiger partial charge in [-0.1, -0.05) is 18.5 Å². The zero-order chi connectivity index (χ0) is 10.8. The van der Waals surface area contributed by atoms with Crippen molar-refractivity contribution in [2.24, 2.45) is 13.0 Å². The molecule has 1 aromatic heterocycles. The van der Waals surface area contributed by atoms with Crippen LogP contribution in [0.1, 0.15) is 31.4 Å². The SMILES string of the molecule is CCNCC1CCC1c1c(Cl)cnn1C. The van der Waals surface area contributed by atoms with Gasteiger partial charge in [-0.2, -0.15) is 5.10 Å². The Balaban J connectivity index is 2.05. The van der Waals surface area contributed by atoms with Gasteiger partial charge in [-0.05, 0) is 31.8 Å². The molecule has 0 aliphatic heterocycles. The van der Waals surface area contributed by atoms with Crippen LogP contribution in [0, 0.1) is 5.92 Å². The van der Waals surface area contributed by atoms with Crippen LogP contribution in [0.3, 0.4) is 0 Å². The van der Waals surface area contributed by atoms with Gasteiger partial charge in [0, 0.05) is 13.0 Å². The maximum atomic E-state index is 6.15. The van der Waals surface area contributed by atoms with Crippen LogP contribution in [-0.4, -0.2) is 22.9 Å². The first kappa shape index (κ1) is 11.0. The number of aryl methyl sites for hydroxylation is 1. The zero-order valence-electron chi connectivity index (χ0n) is 9.33. The lowest BCUT2D eigenvalue weighted by atomic mass is 9.71. The summed E-state index contributed by atoms with van der Waals surface area (Å²) in [6.07, 6.45) is 4.30. The minimum absolute atomic E-state index is 0.601. The summed E-state index contributed by atoms with van der Waals surface area (Å²) in [6.45, 7) is 4.29. The van der Waals surface area contributed by atoms with Gasteiger partial charge in [-0.25, -0.2) is 0 Å². The van der Waals surface area contributed by atoms with E-state index in [1.807, 2.05) is 11.7 Å². The highest BCUT2D eigenvalue weighted by atomic mass is 35.5. The van der Waals surface area contributed by atoms with E-state index in [1.54, 1.807) is 6.20 Å². The lowest BCUT2D eigenvalue weighted by Crippen LogP contribution is -2.34. The van der Waals surface area contributed by atoms with E-state index in [0.29, 0.717) is 5.92 Å². The van der Waals surface area contributed by atoms with Gasteiger partial charge < -0.3 is 5.32 Å². The molecule has 1 fully saturated rings. The summed E-state index contributed by atoms with van der Waals surface area (Å²) in [6, 6.07) is 0. The average Bonchev–Trinajstić information content (AvgIpc) is 2.49. The van der Waals surface area contributed by atoms with Gasteiger partial charge >= 0.3 is 0 Å². The van der Waals surface area contributed by atoms with Crippen molar-refractivity contribution in [1.29, 1.82) is 0 Å². The lowest BCUT2D eigenvalue weighted by Gasteiger charge is -2.37. The summed E-state index contributed by atoms with van der Waals surface area (Å²) in [5.41, 5.74) is 1.21. The molecule has 1 N–H and O–H groups in total. The Morgan fingerprint density at radius 2 is 2.40 bits per heavy atom. The summed E-state index contributed by atoms with van der Waals surface area (Å²) >= 11 is 6.15. The molecule has 4 heteroatoms. The van der Waals surface area contributed by atoms with E-state index >= 15 is 0 Å². The van der Waals surface area contributed by atoms with Crippen LogP contribution < -0.4 is 5.32 Å². The van der Waals surface area contributed by atoms with Crippen molar-refractivity contribution in [1.82, 2.24) is 15.1 Å². The number of halogens is 1. The normalized spacial score (nSPS) is 25.3. The van der Waals surface area contributed by atoms with Gasteiger partial charge in [-0.3, -0.25) is 4.68 Å². The van der Waals surface area contributed by atoms with Crippen molar-refractivity contribution in [2.75, 3.05) is 13.1 Å². The van der Waals surface area contributed by atoms with Gasteiger partial charge in [0.15, 0.2) is 0 Å². The lowest BCUT2D eigenvalue weighted by molar-refractivity contribution is 0.237. The molecule has 3 nitrogen and oxygen atoms in total. The van der Waals surface area contributed by atoms with E-state index in [0.717, 1.165) is 24.0 Å². The number of aromatic nitrogens is 2. The molecule has 2 atom stereocenters. The molecule has 2 rings (SSSR count). The molecule has 1 aliphatic carbocycles. The summed E-state index contributed by atoms with van der Waals surface area (Å²) in [7, 11) is 1.98. The smallest absolute Gasteiger partial charge is 0.0820 e. The van der Waals surface area contributed by atoms with Crippen molar-refractivity contribution in [3.05, 3.63) is 16.9 Å². The van der Waals surface area contributed by atoms with E-state index in [9.17, 15) is 0 Å². The molecule has 0 aromatic carbocycles. The Labute approximate surface area is 95.8 Å². The largest absolute Gasteiger partial charge is 0.317 e. The van der Waals surface area contributed by atoms with Crippen LogP contribution in [0.15, 0.2) is 6.20 Å². The molecule has 1 heterocycles. The first-order valence-electron chi connectivity index (χ1n) is 5.62.